The number of ether oxygens (including phenoxy) is 2. The van der Waals surface area contributed by atoms with Gasteiger partial charge in [-0.2, -0.15) is 0 Å². The maximum absolute atomic E-state index is 13.7. The molecule has 2 aliphatic heterocycles. The standard InChI is InChI=1S/C47H40N2O3/c1-31-22-23-33(3)43(28-31)49(35-17-8-5-9-18-35)37-25-27-41-45(30-37)51-44-29-36(48(34-15-6-4-7-16-34)42-21-13-10-14-32(42)2)24-26-40(44)47(41)39-20-12-11-19-38(39)46(50)52-47/h4-21,23-29,31,45H,22,30H2,1-3H3. The number of carbonyl (C=O) groups is 1. The zero-order valence-electron chi connectivity index (χ0n) is 29.6. The normalized spacial score (nSPS) is 21.3. The van der Waals surface area contributed by atoms with Crippen molar-refractivity contribution >= 4 is 28.7 Å². The van der Waals surface area contributed by atoms with Gasteiger partial charge in [0.25, 0.3) is 0 Å². The predicted octanol–water partition coefficient (Wildman–Crippen LogP) is 11.2. The van der Waals surface area contributed by atoms with E-state index in [4.69, 9.17) is 9.47 Å². The number of anilines is 4. The van der Waals surface area contributed by atoms with Gasteiger partial charge in [-0.05, 0) is 91.9 Å². The van der Waals surface area contributed by atoms with Crippen LogP contribution in [0.4, 0.5) is 22.7 Å². The van der Waals surface area contributed by atoms with Crippen molar-refractivity contribution in [3.05, 3.63) is 196 Å². The monoisotopic (exact) mass is 680 g/mol. The van der Waals surface area contributed by atoms with Gasteiger partial charge in [-0.25, -0.2) is 4.79 Å². The number of hydrogen-bond donors (Lipinski definition) is 0. The van der Waals surface area contributed by atoms with Crippen LogP contribution in [0.3, 0.4) is 0 Å². The first-order chi connectivity index (χ1) is 25.4. The fraction of sp³-hybridized carbons (Fsp3) is 0.170. The van der Waals surface area contributed by atoms with Crippen LogP contribution in [0, 0.1) is 12.8 Å². The van der Waals surface area contributed by atoms with Gasteiger partial charge in [0.05, 0.1) is 5.56 Å². The second kappa shape index (κ2) is 12.6. The molecule has 5 aromatic rings. The Balaban J connectivity index is 1.22. The molecule has 3 unspecified atom stereocenters. The SMILES string of the molecule is CC1=CCC(C)C=C1N(C1=CC=C2C(C1)Oc1cc(N(c3ccccc3)c3ccccc3C)ccc1C21OC(=O)c2ccccc21)c1ccccc1. The lowest BCUT2D eigenvalue weighted by Crippen LogP contribution is -2.44. The molecule has 5 heteroatoms. The molecule has 5 aromatic carbocycles. The molecule has 3 atom stereocenters. The zero-order valence-corrected chi connectivity index (χ0v) is 29.6. The number of aryl methyl sites for hydroxylation is 1. The molecule has 5 nitrogen and oxygen atoms in total. The molecular weight excluding hydrogens is 641 g/mol. The van der Waals surface area contributed by atoms with E-state index in [-0.39, 0.29) is 12.1 Å². The third-order valence-corrected chi connectivity index (χ3v) is 10.8. The van der Waals surface area contributed by atoms with E-state index in [1.165, 1.54) is 11.3 Å². The number of para-hydroxylation sites is 3. The van der Waals surface area contributed by atoms with Crippen LogP contribution < -0.4 is 14.5 Å². The topological polar surface area (TPSA) is 42.0 Å². The summed E-state index contributed by atoms with van der Waals surface area (Å²) < 4.78 is 13.7. The highest BCUT2D eigenvalue weighted by Crippen LogP contribution is 2.57. The Morgan fingerprint density at radius 2 is 1.40 bits per heavy atom. The second-order valence-corrected chi connectivity index (χ2v) is 14.2. The molecule has 0 saturated carbocycles. The van der Waals surface area contributed by atoms with E-state index < -0.39 is 5.60 Å². The Morgan fingerprint density at radius 3 is 2.17 bits per heavy atom. The average Bonchev–Trinajstić information content (AvgIpc) is 3.47. The molecule has 9 rings (SSSR count). The Bertz CT molecular complexity index is 2340. The van der Waals surface area contributed by atoms with Gasteiger partial charge in [0.2, 0.25) is 0 Å². The highest BCUT2D eigenvalue weighted by molar-refractivity contribution is 5.97. The van der Waals surface area contributed by atoms with Gasteiger partial charge in [0, 0.05) is 63.3 Å². The van der Waals surface area contributed by atoms with Gasteiger partial charge in [-0.1, -0.05) is 97.9 Å². The molecule has 52 heavy (non-hydrogen) atoms. The lowest BCUT2D eigenvalue weighted by Gasteiger charge is -2.45. The lowest BCUT2D eigenvalue weighted by atomic mass is 9.73. The second-order valence-electron chi connectivity index (χ2n) is 14.2. The molecule has 0 saturated heterocycles. The van der Waals surface area contributed by atoms with E-state index in [0.717, 1.165) is 57.1 Å². The van der Waals surface area contributed by atoms with E-state index in [9.17, 15) is 4.79 Å². The van der Waals surface area contributed by atoms with Crippen LogP contribution in [-0.2, 0) is 10.3 Å². The van der Waals surface area contributed by atoms with Crippen LogP contribution in [-0.4, -0.2) is 12.1 Å². The van der Waals surface area contributed by atoms with Crippen molar-refractivity contribution in [2.24, 2.45) is 5.92 Å². The minimum atomic E-state index is -1.11. The van der Waals surface area contributed by atoms with Crippen LogP contribution >= 0.6 is 0 Å². The van der Waals surface area contributed by atoms with Crippen LogP contribution in [0.5, 0.6) is 5.75 Å². The number of esters is 1. The summed E-state index contributed by atoms with van der Waals surface area (Å²) in [4.78, 5) is 18.3. The van der Waals surface area contributed by atoms with E-state index in [2.05, 4.69) is 152 Å². The maximum Gasteiger partial charge on any atom is 0.340 e. The van der Waals surface area contributed by atoms with Gasteiger partial charge in [-0.15, -0.1) is 0 Å². The van der Waals surface area contributed by atoms with E-state index in [1.807, 2.05) is 30.3 Å². The number of benzene rings is 5. The number of carbonyl (C=O) groups excluding carboxylic acids is 1. The van der Waals surface area contributed by atoms with E-state index in [0.29, 0.717) is 23.7 Å². The van der Waals surface area contributed by atoms with Crippen molar-refractivity contribution in [2.45, 2.75) is 45.3 Å². The fourth-order valence-electron chi connectivity index (χ4n) is 8.30. The summed E-state index contributed by atoms with van der Waals surface area (Å²) in [5.41, 5.74) is 11.0. The van der Waals surface area contributed by atoms with Crippen molar-refractivity contribution in [3.8, 4) is 5.75 Å². The number of rotatable bonds is 6. The largest absolute Gasteiger partial charge is 0.485 e. The summed E-state index contributed by atoms with van der Waals surface area (Å²) in [6.45, 7) is 6.60. The lowest BCUT2D eigenvalue weighted by molar-refractivity contribution is 0.00909. The van der Waals surface area contributed by atoms with Crippen molar-refractivity contribution in [1.82, 2.24) is 0 Å². The molecule has 256 valence electrons. The molecule has 2 heterocycles. The molecule has 0 radical (unpaired) electrons. The van der Waals surface area contributed by atoms with Gasteiger partial charge < -0.3 is 19.3 Å². The first kappa shape index (κ1) is 31.9. The maximum atomic E-state index is 13.7. The quantitative estimate of drug-likeness (QED) is 0.167. The summed E-state index contributed by atoms with van der Waals surface area (Å²) in [6, 6.07) is 43.5. The summed E-state index contributed by atoms with van der Waals surface area (Å²) in [7, 11) is 0. The molecule has 0 bridgehead atoms. The van der Waals surface area contributed by atoms with E-state index in [1.54, 1.807) is 0 Å². The summed E-state index contributed by atoms with van der Waals surface area (Å²) in [5, 5.41) is 0. The first-order valence-electron chi connectivity index (χ1n) is 18.1. The van der Waals surface area contributed by atoms with Crippen molar-refractivity contribution in [1.29, 1.82) is 0 Å². The Morgan fingerprint density at radius 1 is 0.712 bits per heavy atom. The van der Waals surface area contributed by atoms with Gasteiger partial charge >= 0.3 is 5.97 Å². The highest BCUT2D eigenvalue weighted by atomic mass is 16.6. The molecule has 2 aliphatic carbocycles. The van der Waals surface area contributed by atoms with Crippen LogP contribution in [0.2, 0.25) is 0 Å². The first-order valence-corrected chi connectivity index (χ1v) is 18.1. The number of allylic oxidation sites excluding steroid dienone is 5. The van der Waals surface area contributed by atoms with Gasteiger partial charge in [0.15, 0.2) is 5.60 Å². The predicted molar refractivity (Wildman–Crippen MR) is 208 cm³/mol. The molecule has 1 spiro atoms. The van der Waals surface area contributed by atoms with Crippen LogP contribution in [0.15, 0.2) is 174 Å². The molecule has 0 fully saturated rings. The average molecular weight is 681 g/mol. The minimum Gasteiger partial charge on any atom is -0.485 e. The summed E-state index contributed by atoms with van der Waals surface area (Å²) in [6.07, 6.45) is 10.3. The molecule has 0 amide bonds. The molecular formula is C47H40N2O3. The Hall–Kier alpha value is -6.07. The third-order valence-electron chi connectivity index (χ3n) is 10.8. The molecule has 4 aliphatic rings. The highest BCUT2D eigenvalue weighted by Gasteiger charge is 2.56. The van der Waals surface area contributed by atoms with E-state index >= 15 is 0 Å². The fourth-order valence-corrected chi connectivity index (χ4v) is 8.30. The molecule has 0 aromatic heterocycles. The molecule has 0 N–H and O–H groups in total. The minimum absolute atomic E-state index is 0.319. The zero-order chi connectivity index (χ0) is 35.4. The van der Waals surface area contributed by atoms with Gasteiger partial charge in [-0.3, -0.25) is 0 Å². The third kappa shape index (κ3) is 5.11. The smallest absolute Gasteiger partial charge is 0.340 e. The number of fused-ring (bicyclic) bond motifs is 6. The number of nitrogens with zero attached hydrogens (tertiary/aromatic N) is 2. The Kier molecular flexibility index (Phi) is 7.73. The van der Waals surface area contributed by atoms with Crippen molar-refractivity contribution < 1.29 is 14.3 Å². The van der Waals surface area contributed by atoms with Crippen molar-refractivity contribution in [3.63, 3.8) is 0 Å². The van der Waals surface area contributed by atoms with Crippen molar-refractivity contribution in [2.75, 3.05) is 9.80 Å². The summed E-state index contributed by atoms with van der Waals surface area (Å²) >= 11 is 0. The van der Waals surface area contributed by atoms with Crippen LogP contribution in [0.25, 0.3) is 0 Å². The van der Waals surface area contributed by atoms with Crippen LogP contribution in [0.1, 0.15) is 53.7 Å². The van der Waals surface area contributed by atoms with Gasteiger partial charge in [0.1, 0.15) is 11.9 Å². The number of hydrogen-bond acceptors (Lipinski definition) is 5. The Labute approximate surface area is 305 Å². The summed E-state index contributed by atoms with van der Waals surface area (Å²) in [5.74, 6) is 0.809.